The Morgan fingerprint density at radius 2 is 2.13 bits per heavy atom. The molecule has 1 N–H and O–H groups in total. The van der Waals surface area contributed by atoms with Crippen molar-refractivity contribution in [3.63, 3.8) is 0 Å². The summed E-state index contributed by atoms with van der Waals surface area (Å²) in [6, 6.07) is 2.85. The largest absolute Gasteiger partial charge is 0.477 e. The molecule has 0 aliphatic rings. The summed E-state index contributed by atoms with van der Waals surface area (Å²) in [4.78, 5) is 10.6. The molecular weight excluding hydrogens is 211 g/mol. The zero-order valence-corrected chi connectivity index (χ0v) is 7.79. The lowest BCUT2D eigenvalue weighted by Crippen LogP contribution is -2.12. The van der Waals surface area contributed by atoms with Gasteiger partial charge < -0.3 is 9.67 Å². The lowest BCUT2D eigenvalue weighted by molar-refractivity contribution is -0.135. The molecule has 1 heterocycles. The Balaban J connectivity index is 2.51. The highest BCUT2D eigenvalue weighted by atomic mass is 19.4. The molecule has 0 fully saturated rings. The van der Waals surface area contributed by atoms with E-state index in [1.54, 1.807) is 0 Å². The summed E-state index contributed by atoms with van der Waals surface area (Å²) in [5.74, 6) is -1.13. The lowest BCUT2D eigenvalue weighted by atomic mass is 10.3. The fourth-order valence-corrected chi connectivity index (χ4v) is 1.25. The van der Waals surface area contributed by atoms with Crippen LogP contribution in [0.5, 0.6) is 0 Å². The number of rotatable bonds is 4. The lowest BCUT2D eigenvalue weighted by Gasteiger charge is -2.08. The molecule has 0 aromatic carbocycles. The fourth-order valence-electron chi connectivity index (χ4n) is 1.25. The van der Waals surface area contributed by atoms with E-state index >= 15 is 0 Å². The molecule has 0 unspecified atom stereocenters. The molecule has 3 nitrogen and oxygen atoms in total. The van der Waals surface area contributed by atoms with Gasteiger partial charge in [0.15, 0.2) is 0 Å². The van der Waals surface area contributed by atoms with E-state index in [2.05, 4.69) is 0 Å². The Labute approximate surface area is 84.1 Å². The van der Waals surface area contributed by atoms with Crippen molar-refractivity contribution in [3.8, 4) is 0 Å². The molecule has 0 aliphatic heterocycles. The van der Waals surface area contributed by atoms with E-state index in [1.807, 2.05) is 0 Å². The van der Waals surface area contributed by atoms with Crippen molar-refractivity contribution in [2.24, 2.45) is 0 Å². The highest BCUT2D eigenvalue weighted by Crippen LogP contribution is 2.21. The second-order valence-electron chi connectivity index (χ2n) is 3.11. The van der Waals surface area contributed by atoms with E-state index < -0.39 is 18.6 Å². The van der Waals surface area contributed by atoms with Crippen molar-refractivity contribution in [2.45, 2.75) is 25.6 Å². The SMILES string of the molecule is O=C(O)c1cccn1CCCC(F)(F)F. The van der Waals surface area contributed by atoms with Gasteiger partial charge in [-0.1, -0.05) is 0 Å². The highest BCUT2D eigenvalue weighted by Gasteiger charge is 2.26. The third-order valence-electron chi connectivity index (χ3n) is 1.91. The van der Waals surface area contributed by atoms with Gasteiger partial charge in [-0.25, -0.2) is 4.79 Å². The Kier molecular flexibility index (Phi) is 3.39. The second kappa shape index (κ2) is 4.37. The maximum absolute atomic E-state index is 11.8. The summed E-state index contributed by atoms with van der Waals surface area (Å²) in [6.45, 7) is 0.0636. The molecule has 0 amide bonds. The van der Waals surface area contributed by atoms with Gasteiger partial charge >= 0.3 is 12.1 Å². The quantitative estimate of drug-likeness (QED) is 0.848. The van der Waals surface area contributed by atoms with Crippen molar-refractivity contribution in [1.29, 1.82) is 0 Å². The number of hydrogen-bond acceptors (Lipinski definition) is 1. The van der Waals surface area contributed by atoms with Crippen LogP contribution in [0.3, 0.4) is 0 Å². The van der Waals surface area contributed by atoms with Crippen LogP contribution in [0.1, 0.15) is 23.3 Å². The Bertz CT molecular complexity index is 343. The van der Waals surface area contributed by atoms with Gasteiger partial charge in [0, 0.05) is 19.2 Å². The topological polar surface area (TPSA) is 42.2 Å². The van der Waals surface area contributed by atoms with Gasteiger partial charge in [0.1, 0.15) is 5.69 Å². The molecule has 6 heteroatoms. The van der Waals surface area contributed by atoms with Gasteiger partial charge in [-0.05, 0) is 18.6 Å². The number of aryl methyl sites for hydroxylation is 1. The van der Waals surface area contributed by atoms with Crippen molar-refractivity contribution in [1.82, 2.24) is 4.57 Å². The third-order valence-corrected chi connectivity index (χ3v) is 1.91. The van der Waals surface area contributed by atoms with Crippen LogP contribution in [0.15, 0.2) is 18.3 Å². The summed E-state index contributed by atoms with van der Waals surface area (Å²) in [6.07, 6.45) is -3.74. The first-order valence-corrected chi connectivity index (χ1v) is 4.35. The number of halogens is 3. The molecule has 0 saturated carbocycles. The molecule has 1 aromatic heterocycles. The molecule has 0 saturated heterocycles. The Morgan fingerprint density at radius 3 is 2.67 bits per heavy atom. The third kappa shape index (κ3) is 3.65. The van der Waals surface area contributed by atoms with Gasteiger partial charge in [-0.15, -0.1) is 0 Å². The van der Waals surface area contributed by atoms with Gasteiger partial charge in [-0.3, -0.25) is 0 Å². The number of aromatic carboxylic acids is 1. The number of nitrogens with zero attached hydrogens (tertiary/aromatic N) is 1. The molecule has 1 aromatic rings. The van der Waals surface area contributed by atoms with E-state index in [4.69, 9.17) is 5.11 Å². The highest BCUT2D eigenvalue weighted by molar-refractivity contribution is 5.85. The smallest absolute Gasteiger partial charge is 0.389 e. The van der Waals surface area contributed by atoms with Crippen LogP contribution < -0.4 is 0 Å². The number of aromatic nitrogens is 1. The number of hydrogen-bond donors (Lipinski definition) is 1. The minimum atomic E-state index is -4.18. The van der Waals surface area contributed by atoms with Gasteiger partial charge in [0.05, 0.1) is 0 Å². The molecule has 0 aliphatic carbocycles. The van der Waals surface area contributed by atoms with Gasteiger partial charge in [0.25, 0.3) is 0 Å². The first kappa shape index (κ1) is 11.6. The van der Waals surface area contributed by atoms with Crippen molar-refractivity contribution >= 4 is 5.97 Å². The predicted molar refractivity (Wildman–Crippen MR) is 46.7 cm³/mol. The van der Waals surface area contributed by atoms with E-state index in [9.17, 15) is 18.0 Å². The zero-order chi connectivity index (χ0) is 11.5. The summed E-state index contributed by atoms with van der Waals surface area (Å²) >= 11 is 0. The average molecular weight is 221 g/mol. The van der Waals surface area contributed by atoms with Gasteiger partial charge in [0.2, 0.25) is 0 Å². The van der Waals surface area contributed by atoms with Crippen molar-refractivity contribution in [3.05, 3.63) is 24.0 Å². The molecular formula is C9H10F3NO2. The van der Waals surface area contributed by atoms with Crippen LogP contribution in [0.2, 0.25) is 0 Å². The minimum Gasteiger partial charge on any atom is -0.477 e. The molecule has 0 bridgehead atoms. The van der Waals surface area contributed by atoms with Crippen LogP contribution in [0, 0.1) is 0 Å². The molecule has 1 rings (SSSR count). The monoisotopic (exact) mass is 221 g/mol. The van der Waals surface area contributed by atoms with Crippen LogP contribution in [-0.4, -0.2) is 21.8 Å². The van der Waals surface area contributed by atoms with Crippen LogP contribution in [0.25, 0.3) is 0 Å². The predicted octanol–water partition coefficient (Wildman–Crippen LogP) is 2.53. The Hall–Kier alpha value is -1.46. The fraction of sp³-hybridized carbons (Fsp3) is 0.444. The van der Waals surface area contributed by atoms with E-state index in [1.165, 1.54) is 22.9 Å². The first-order valence-electron chi connectivity index (χ1n) is 4.35. The second-order valence-corrected chi connectivity index (χ2v) is 3.11. The number of carboxylic acid groups (broad SMARTS) is 1. The van der Waals surface area contributed by atoms with Crippen LogP contribution >= 0.6 is 0 Å². The number of carbonyl (C=O) groups is 1. The average Bonchev–Trinajstić information content (AvgIpc) is 2.49. The molecule has 0 atom stereocenters. The standard InChI is InChI=1S/C9H10F3NO2/c10-9(11,12)4-2-6-13-5-1-3-7(13)8(14)15/h1,3,5H,2,4,6H2,(H,14,15). The zero-order valence-electron chi connectivity index (χ0n) is 7.79. The summed E-state index contributed by atoms with van der Waals surface area (Å²) < 4.78 is 36.8. The summed E-state index contributed by atoms with van der Waals surface area (Å²) in [5, 5.41) is 8.67. The van der Waals surface area contributed by atoms with Gasteiger partial charge in [-0.2, -0.15) is 13.2 Å². The number of alkyl halides is 3. The molecule has 84 valence electrons. The maximum atomic E-state index is 11.8. The van der Waals surface area contributed by atoms with Crippen molar-refractivity contribution < 1.29 is 23.1 Å². The maximum Gasteiger partial charge on any atom is 0.389 e. The van der Waals surface area contributed by atoms with Crippen LogP contribution in [-0.2, 0) is 6.54 Å². The summed E-state index contributed by atoms with van der Waals surface area (Å²) in [7, 11) is 0. The number of carboxylic acids is 1. The molecule has 15 heavy (non-hydrogen) atoms. The van der Waals surface area contributed by atoms with Crippen molar-refractivity contribution in [2.75, 3.05) is 0 Å². The molecule has 0 radical (unpaired) electrons. The first-order chi connectivity index (χ1) is 6.90. The van der Waals surface area contributed by atoms with E-state index in [0.29, 0.717) is 0 Å². The van der Waals surface area contributed by atoms with Crippen LogP contribution in [0.4, 0.5) is 13.2 Å². The molecule has 0 spiro atoms. The normalized spacial score (nSPS) is 11.7. The Morgan fingerprint density at radius 1 is 1.47 bits per heavy atom. The summed E-state index contributed by atoms with van der Waals surface area (Å²) in [5.41, 5.74) is 0.0113. The van der Waals surface area contributed by atoms with E-state index in [0.717, 1.165) is 0 Å². The van der Waals surface area contributed by atoms with E-state index in [-0.39, 0.29) is 18.7 Å². The minimum absolute atomic E-state index is 0.0113.